The molecular formula is C14H8N2O. The van der Waals surface area contributed by atoms with E-state index in [1.807, 2.05) is 24.3 Å². The zero-order valence-electron chi connectivity index (χ0n) is 8.92. The third-order valence-corrected chi connectivity index (χ3v) is 2.37. The van der Waals surface area contributed by atoms with Gasteiger partial charge in [-0.05, 0) is 30.2 Å². The van der Waals surface area contributed by atoms with E-state index < -0.39 is 0 Å². The number of hydrogen-bond donors (Lipinski definition) is 0. The Morgan fingerprint density at radius 2 is 2.06 bits per heavy atom. The van der Waals surface area contributed by atoms with Crippen LogP contribution in [0.15, 0.2) is 53.5 Å². The second kappa shape index (κ2) is 4.11. The molecule has 17 heavy (non-hydrogen) atoms. The monoisotopic (exact) mass is 220 g/mol. The van der Waals surface area contributed by atoms with Crippen molar-refractivity contribution in [3.8, 4) is 11.8 Å². The molecular weight excluding hydrogens is 212 g/mol. The Bertz CT molecular complexity index is 705. The predicted octanol–water partition coefficient (Wildman–Crippen LogP) is 2.62. The van der Waals surface area contributed by atoms with Crippen LogP contribution >= 0.6 is 0 Å². The smallest absolute Gasteiger partial charge is 0.138 e. The molecule has 0 saturated heterocycles. The predicted molar refractivity (Wildman–Crippen MR) is 64.2 cm³/mol. The van der Waals surface area contributed by atoms with Crippen LogP contribution in [0.2, 0.25) is 0 Å². The minimum atomic E-state index is 0.722. The first-order valence-electron chi connectivity index (χ1n) is 5.18. The number of aromatic nitrogens is 2. The van der Waals surface area contributed by atoms with Gasteiger partial charge in [0.05, 0.1) is 11.6 Å². The van der Waals surface area contributed by atoms with Crippen molar-refractivity contribution in [3.05, 3.63) is 60.4 Å². The van der Waals surface area contributed by atoms with E-state index in [0.717, 1.165) is 22.2 Å². The van der Waals surface area contributed by atoms with Crippen LogP contribution in [-0.4, -0.2) is 9.97 Å². The van der Waals surface area contributed by atoms with Crippen molar-refractivity contribution in [1.29, 1.82) is 0 Å². The third kappa shape index (κ3) is 1.88. The molecule has 3 heterocycles. The van der Waals surface area contributed by atoms with Crippen LogP contribution in [0.4, 0.5) is 0 Å². The Kier molecular flexibility index (Phi) is 2.32. The largest absolute Gasteiger partial charge is 0.464 e. The van der Waals surface area contributed by atoms with Gasteiger partial charge in [-0.1, -0.05) is 5.92 Å². The molecule has 0 aliphatic carbocycles. The summed E-state index contributed by atoms with van der Waals surface area (Å²) in [5.74, 6) is 6.06. The molecule has 0 unspecified atom stereocenters. The summed E-state index contributed by atoms with van der Waals surface area (Å²) < 4.78 is 5.29. The maximum atomic E-state index is 5.29. The van der Waals surface area contributed by atoms with Gasteiger partial charge in [0.2, 0.25) is 0 Å². The highest BCUT2D eigenvalue weighted by Crippen LogP contribution is 2.16. The van der Waals surface area contributed by atoms with E-state index in [4.69, 9.17) is 4.42 Å². The number of hydrogen-bond acceptors (Lipinski definition) is 3. The van der Waals surface area contributed by atoms with E-state index in [0.29, 0.717) is 0 Å². The molecule has 0 amide bonds. The fourth-order valence-corrected chi connectivity index (χ4v) is 1.56. The maximum Gasteiger partial charge on any atom is 0.138 e. The normalized spacial score (nSPS) is 9.88. The summed E-state index contributed by atoms with van der Waals surface area (Å²) in [6.45, 7) is 0. The summed E-state index contributed by atoms with van der Waals surface area (Å²) >= 11 is 0. The minimum Gasteiger partial charge on any atom is -0.464 e. The minimum absolute atomic E-state index is 0.722. The molecule has 3 heteroatoms. The lowest BCUT2D eigenvalue weighted by atomic mass is 10.2. The van der Waals surface area contributed by atoms with Crippen LogP contribution in [0.1, 0.15) is 11.3 Å². The third-order valence-electron chi connectivity index (χ3n) is 2.37. The summed E-state index contributed by atoms with van der Waals surface area (Å²) in [6, 6.07) is 7.46. The number of fused-ring (bicyclic) bond motifs is 1. The SMILES string of the molecule is C(#Cc1nccc2occc12)c1cccnc1. The van der Waals surface area contributed by atoms with Gasteiger partial charge in [-0.25, -0.2) is 4.98 Å². The summed E-state index contributed by atoms with van der Waals surface area (Å²) in [5.41, 5.74) is 2.39. The summed E-state index contributed by atoms with van der Waals surface area (Å²) in [5, 5.41) is 0.934. The van der Waals surface area contributed by atoms with Gasteiger partial charge < -0.3 is 4.42 Å². The fraction of sp³-hybridized carbons (Fsp3) is 0. The standard InChI is InChI=1S/C14H8N2O/c1-2-11(10-15-7-1)3-4-13-12-6-9-17-14(12)5-8-16-13/h1-2,5-10H. The molecule has 3 rings (SSSR count). The van der Waals surface area contributed by atoms with Gasteiger partial charge in [-0.2, -0.15) is 0 Å². The zero-order chi connectivity index (χ0) is 11.5. The van der Waals surface area contributed by atoms with E-state index in [9.17, 15) is 0 Å². The van der Waals surface area contributed by atoms with Crippen LogP contribution in [-0.2, 0) is 0 Å². The molecule has 0 radical (unpaired) electrons. The van der Waals surface area contributed by atoms with Gasteiger partial charge in [-0.3, -0.25) is 4.98 Å². The summed E-state index contributed by atoms with van der Waals surface area (Å²) in [6.07, 6.45) is 6.78. The average Bonchev–Trinajstić information content (AvgIpc) is 2.86. The van der Waals surface area contributed by atoms with Crippen molar-refractivity contribution < 1.29 is 4.42 Å². The van der Waals surface area contributed by atoms with Gasteiger partial charge in [-0.15, -0.1) is 0 Å². The first-order valence-corrected chi connectivity index (χ1v) is 5.18. The second-order valence-electron chi connectivity index (χ2n) is 3.48. The fourth-order valence-electron chi connectivity index (χ4n) is 1.56. The molecule has 0 aliphatic heterocycles. The Morgan fingerprint density at radius 3 is 2.94 bits per heavy atom. The Labute approximate surface area is 98.1 Å². The zero-order valence-corrected chi connectivity index (χ0v) is 8.92. The molecule has 0 aromatic carbocycles. The first kappa shape index (κ1) is 9.61. The topological polar surface area (TPSA) is 38.9 Å². The van der Waals surface area contributed by atoms with Crippen LogP contribution in [0.5, 0.6) is 0 Å². The van der Waals surface area contributed by atoms with Crippen molar-refractivity contribution in [3.63, 3.8) is 0 Å². The van der Waals surface area contributed by atoms with Crippen LogP contribution in [0, 0.1) is 11.8 Å². The highest BCUT2D eigenvalue weighted by Gasteiger charge is 2.01. The van der Waals surface area contributed by atoms with Crippen molar-refractivity contribution in [1.82, 2.24) is 9.97 Å². The average molecular weight is 220 g/mol. The van der Waals surface area contributed by atoms with Crippen LogP contribution in [0.3, 0.4) is 0 Å². The number of rotatable bonds is 0. The van der Waals surface area contributed by atoms with Crippen molar-refractivity contribution in [2.45, 2.75) is 0 Å². The van der Waals surface area contributed by atoms with E-state index >= 15 is 0 Å². The lowest BCUT2D eigenvalue weighted by Gasteiger charge is -1.91. The Balaban J connectivity index is 2.06. The second-order valence-corrected chi connectivity index (χ2v) is 3.48. The summed E-state index contributed by atoms with van der Waals surface area (Å²) in [4.78, 5) is 8.25. The molecule has 3 aromatic heterocycles. The van der Waals surface area contributed by atoms with Gasteiger partial charge >= 0.3 is 0 Å². The van der Waals surface area contributed by atoms with Gasteiger partial charge in [0.1, 0.15) is 11.3 Å². The lowest BCUT2D eigenvalue weighted by Crippen LogP contribution is -1.82. The molecule has 0 spiro atoms. The van der Waals surface area contributed by atoms with Crippen molar-refractivity contribution in [2.24, 2.45) is 0 Å². The highest BCUT2D eigenvalue weighted by atomic mass is 16.3. The Morgan fingerprint density at radius 1 is 1.06 bits per heavy atom. The first-order chi connectivity index (χ1) is 8.43. The van der Waals surface area contributed by atoms with E-state index in [1.165, 1.54) is 0 Å². The number of furan rings is 1. The molecule has 80 valence electrons. The van der Waals surface area contributed by atoms with Crippen molar-refractivity contribution >= 4 is 11.0 Å². The van der Waals surface area contributed by atoms with Gasteiger partial charge in [0, 0.05) is 24.2 Å². The van der Waals surface area contributed by atoms with E-state index in [2.05, 4.69) is 21.8 Å². The molecule has 0 N–H and O–H groups in total. The van der Waals surface area contributed by atoms with Gasteiger partial charge in [0.25, 0.3) is 0 Å². The van der Waals surface area contributed by atoms with E-state index in [1.54, 1.807) is 24.9 Å². The van der Waals surface area contributed by atoms with Crippen LogP contribution in [0.25, 0.3) is 11.0 Å². The van der Waals surface area contributed by atoms with Crippen LogP contribution < -0.4 is 0 Å². The summed E-state index contributed by atoms with van der Waals surface area (Å²) in [7, 11) is 0. The molecule has 3 nitrogen and oxygen atoms in total. The quantitative estimate of drug-likeness (QED) is 0.547. The molecule has 0 saturated carbocycles. The number of pyridine rings is 2. The molecule has 3 aromatic rings. The molecule has 0 aliphatic rings. The maximum absolute atomic E-state index is 5.29. The highest BCUT2D eigenvalue weighted by molar-refractivity contribution is 5.82. The number of nitrogens with zero attached hydrogens (tertiary/aromatic N) is 2. The molecule has 0 bridgehead atoms. The van der Waals surface area contributed by atoms with Gasteiger partial charge in [0.15, 0.2) is 0 Å². The Hall–Kier alpha value is -2.60. The van der Waals surface area contributed by atoms with E-state index in [-0.39, 0.29) is 0 Å². The molecule has 0 fully saturated rings. The molecule has 0 atom stereocenters. The van der Waals surface area contributed by atoms with Crippen molar-refractivity contribution in [2.75, 3.05) is 0 Å². The lowest BCUT2D eigenvalue weighted by molar-refractivity contribution is 0.615.